The Morgan fingerprint density at radius 3 is 2.09 bits per heavy atom. The highest BCUT2D eigenvalue weighted by atomic mass is 32.2. The van der Waals surface area contributed by atoms with Crippen LogP contribution in [0.5, 0.6) is 23.0 Å². The van der Waals surface area contributed by atoms with Gasteiger partial charge in [-0.05, 0) is 71.0 Å². The van der Waals surface area contributed by atoms with Crippen molar-refractivity contribution in [3.63, 3.8) is 0 Å². The summed E-state index contributed by atoms with van der Waals surface area (Å²) in [4.78, 5) is 4.84. The number of hydrogen-bond acceptors (Lipinski definition) is 4. The minimum atomic E-state index is 0.00466. The van der Waals surface area contributed by atoms with Crippen LogP contribution in [-0.4, -0.2) is 6.71 Å². The predicted octanol–water partition coefficient (Wildman–Crippen LogP) is 8.62. The topological polar surface area (TPSA) is 21.7 Å². The van der Waals surface area contributed by atoms with Gasteiger partial charge in [0.2, 0.25) is 0 Å². The summed E-state index contributed by atoms with van der Waals surface area (Å²) in [5.41, 5.74) is 11.1. The van der Waals surface area contributed by atoms with Crippen LogP contribution < -0.4 is 30.8 Å². The van der Waals surface area contributed by atoms with Crippen molar-refractivity contribution in [2.24, 2.45) is 0 Å². The second-order valence-corrected chi connectivity index (χ2v) is 14.8. The summed E-state index contributed by atoms with van der Waals surface area (Å²) in [6, 6.07) is 33.0. The van der Waals surface area contributed by atoms with Gasteiger partial charge in [-0.1, -0.05) is 93.6 Å². The third kappa shape index (κ3) is 3.52. The van der Waals surface area contributed by atoms with E-state index in [1.54, 1.807) is 0 Å². The lowest BCUT2D eigenvalue weighted by molar-refractivity contribution is 0.394. The second kappa shape index (κ2) is 8.51. The predicted molar refractivity (Wildman–Crippen MR) is 178 cm³/mol. The molecule has 5 heteroatoms. The SMILES string of the molecule is Cc1ccc2c(c1)B1c3ccc4c(c3Oc3cc(N5c6ccccc6Sc6ccccc65)cc(c31)O2)C(C)(C)CC4(C)C. The van der Waals surface area contributed by atoms with Crippen molar-refractivity contribution >= 4 is 51.9 Å². The van der Waals surface area contributed by atoms with Crippen LogP contribution in [0.1, 0.15) is 50.8 Å². The Morgan fingerprint density at radius 1 is 0.698 bits per heavy atom. The van der Waals surface area contributed by atoms with E-state index in [9.17, 15) is 0 Å². The fourth-order valence-corrected chi connectivity index (χ4v) is 9.36. The fraction of sp³-hybridized carbons (Fsp3) is 0.211. The van der Waals surface area contributed by atoms with Gasteiger partial charge in [0.25, 0.3) is 6.71 Å². The lowest BCUT2D eigenvalue weighted by atomic mass is 9.34. The average molecular weight is 578 g/mol. The summed E-state index contributed by atoms with van der Waals surface area (Å²) >= 11 is 1.82. The minimum Gasteiger partial charge on any atom is -0.458 e. The Balaban J connectivity index is 1.32. The molecule has 0 atom stereocenters. The molecule has 9 rings (SSSR count). The van der Waals surface area contributed by atoms with Crippen LogP contribution in [-0.2, 0) is 10.8 Å². The maximum absolute atomic E-state index is 7.14. The van der Waals surface area contributed by atoms with Crippen molar-refractivity contribution in [3.8, 4) is 23.0 Å². The number of nitrogens with zero attached hydrogens (tertiary/aromatic N) is 1. The van der Waals surface area contributed by atoms with Gasteiger partial charge in [0.05, 0.1) is 17.1 Å². The molecule has 43 heavy (non-hydrogen) atoms. The van der Waals surface area contributed by atoms with Gasteiger partial charge in [0, 0.05) is 32.9 Å². The first-order valence-corrected chi connectivity index (χ1v) is 16.0. The number of anilines is 3. The van der Waals surface area contributed by atoms with E-state index in [2.05, 4.69) is 131 Å². The van der Waals surface area contributed by atoms with Crippen molar-refractivity contribution in [2.75, 3.05) is 4.90 Å². The first kappa shape index (κ1) is 25.4. The lowest BCUT2D eigenvalue weighted by Crippen LogP contribution is -2.57. The van der Waals surface area contributed by atoms with E-state index in [4.69, 9.17) is 9.47 Å². The monoisotopic (exact) mass is 577 g/mol. The van der Waals surface area contributed by atoms with Crippen LogP contribution in [0, 0.1) is 6.92 Å². The normalized spacial score (nSPS) is 17.4. The molecule has 0 bridgehead atoms. The smallest absolute Gasteiger partial charge is 0.260 e. The molecule has 3 aliphatic heterocycles. The highest BCUT2D eigenvalue weighted by Gasteiger charge is 2.48. The van der Waals surface area contributed by atoms with Gasteiger partial charge < -0.3 is 14.4 Å². The lowest BCUT2D eigenvalue weighted by Gasteiger charge is -2.38. The molecule has 210 valence electrons. The Morgan fingerprint density at radius 2 is 1.37 bits per heavy atom. The summed E-state index contributed by atoms with van der Waals surface area (Å²) in [5.74, 6) is 3.72. The first-order valence-electron chi connectivity index (χ1n) is 15.2. The molecule has 5 aromatic carbocycles. The maximum Gasteiger partial charge on any atom is 0.260 e. The third-order valence-corrected chi connectivity index (χ3v) is 10.9. The van der Waals surface area contributed by atoms with Crippen LogP contribution in [0.15, 0.2) is 101 Å². The standard InChI is InChI=1S/C38H32BNO2S/c1-22-14-17-29-26(18-22)39-25-16-15-24-34(38(4,5)21-37(24,2)3)36(25)42-31-20-23(19-30(41-29)35(31)39)40-27-10-6-8-12-32(27)43-33-13-9-7-11-28(33)40/h6-20H,21H2,1-5H3. The minimum absolute atomic E-state index is 0.00466. The second-order valence-electron chi connectivity index (χ2n) is 13.8. The number of fused-ring (bicyclic) bond motifs is 8. The van der Waals surface area contributed by atoms with Crippen LogP contribution in [0.2, 0.25) is 0 Å². The van der Waals surface area contributed by atoms with E-state index in [0.29, 0.717) is 0 Å². The molecule has 5 aromatic rings. The van der Waals surface area contributed by atoms with Crippen LogP contribution >= 0.6 is 11.8 Å². The van der Waals surface area contributed by atoms with E-state index in [0.717, 1.165) is 40.6 Å². The summed E-state index contributed by atoms with van der Waals surface area (Å²) < 4.78 is 13.9. The number of para-hydroxylation sites is 2. The number of rotatable bonds is 1. The Labute approximate surface area is 257 Å². The molecular formula is C38H32BNO2S. The number of aryl methyl sites for hydroxylation is 1. The molecule has 0 saturated heterocycles. The molecular weight excluding hydrogens is 545 g/mol. The fourth-order valence-electron chi connectivity index (χ4n) is 8.31. The van der Waals surface area contributed by atoms with Crippen molar-refractivity contribution in [3.05, 3.63) is 108 Å². The largest absolute Gasteiger partial charge is 0.458 e. The molecule has 0 fully saturated rings. The van der Waals surface area contributed by atoms with E-state index in [-0.39, 0.29) is 17.5 Å². The highest BCUT2D eigenvalue weighted by molar-refractivity contribution is 7.99. The van der Waals surface area contributed by atoms with Gasteiger partial charge in [-0.25, -0.2) is 0 Å². The molecule has 0 aromatic heterocycles. The zero-order valence-corrected chi connectivity index (χ0v) is 25.9. The third-order valence-electron chi connectivity index (χ3n) is 9.77. The maximum atomic E-state index is 7.14. The highest BCUT2D eigenvalue weighted by Crippen LogP contribution is 2.55. The van der Waals surface area contributed by atoms with Crippen LogP contribution in [0.3, 0.4) is 0 Å². The Kier molecular flexibility index (Phi) is 5.03. The van der Waals surface area contributed by atoms with E-state index >= 15 is 0 Å². The molecule has 0 unspecified atom stereocenters. The van der Waals surface area contributed by atoms with E-state index in [1.807, 2.05) is 11.8 Å². The Hall–Kier alpha value is -4.09. The zero-order chi connectivity index (χ0) is 29.2. The van der Waals surface area contributed by atoms with Crippen molar-refractivity contribution in [1.29, 1.82) is 0 Å². The summed E-state index contributed by atoms with van der Waals surface area (Å²) in [6.07, 6.45) is 1.09. The van der Waals surface area contributed by atoms with Gasteiger partial charge in [-0.2, -0.15) is 0 Å². The molecule has 0 saturated carbocycles. The summed E-state index contributed by atoms with van der Waals surface area (Å²) in [6.45, 7) is 11.7. The summed E-state index contributed by atoms with van der Waals surface area (Å²) in [7, 11) is 0. The molecule has 4 aliphatic rings. The average Bonchev–Trinajstić information content (AvgIpc) is 3.18. The molecule has 0 radical (unpaired) electrons. The van der Waals surface area contributed by atoms with Gasteiger partial charge in [0.1, 0.15) is 23.0 Å². The van der Waals surface area contributed by atoms with Crippen LogP contribution in [0.25, 0.3) is 0 Å². The molecule has 3 heterocycles. The molecule has 1 aliphatic carbocycles. The molecule has 0 spiro atoms. The Bertz CT molecular complexity index is 1980. The number of ether oxygens (including phenoxy) is 2. The molecule has 0 amide bonds. The van der Waals surface area contributed by atoms with Crippen molar-refractivity contribution in [1.82, 2.24) is 0 Å². The molecule has 0 N–H and O–H groups in total. The van der Waals surface area contributed by atoms with Crippen LogP contribution in [0.4, 0.5) is 17.1 Å². The molecule has 3 nitrogen and oxygen atoms in total. The quantitative estimate of drug-likeness (QED) is 0.182. The van der Waals surface area contributed by atoms with Gasteiger partial charge in [-0.3, -0.25) is 0 Å². The van der Waals surface area contributed by atoms with Gasteiger partial charge >= 0.3 is 0 Å². The van der Waals surface area contributed by atoms with Crippen molar-refractivity contribution < 1.29 is 9.47 Å². The van der Waals surface area contributed by atoms with E-state index in [1.165, 1.54) is 48.8 Å². The van der Waals surface area contributed by atoms with E-state index < -0.39 is 0 Å². The van der Waals surface area contributed by atoms with Gasteiger partial charge in [0.15, 0.2) is 0 Å². The van der Waals surface area contributed by atoms with Gasteiger partial charge in [-0.15, -0.1) is 0 Å². The zero-order valence-electron chi connectivity index (χ0n) is 25.1. The number of benzene rings is 5. The van der Waals surface area contributed by atoms with Crippen molar-refractivity contribution in [2.45, 2.75) is 61.7 Å². The first-order chi connectivity index (χ1) is 20.7. The number of hydrogen-bond donors (Lipinski definition) is 0. The summed E-state index contributed by atoms with van der Waals surface area (Å²) in [5, 5.41) is 0.